The standard InChI is InChI=1S/C18H17ClN4O/c1-11-15(12(2)24-23-11)4-3-7-21-18-8-13(10-20)16-9-14(19)5-6-17(16)22-18/h5-6,8-9H,3-4,7H2,1-2H3,(H,21,22). The molecule has 0 aliphatic heterocycles. The maximum absolute atomic E-state index is 9.34. The molecule has 0 spiro atoms. The van der Waals surface area contributed by atoms with Crippen molar-refractivity contribution in [2.45, 2.75) is 26.7 Å². The normalized spacial score (nSPS) is 10.8. The fourth-order valence-corrected chi connectivity index (χ4v) is 2.89. The summed E-state index contributed by atoms with van der Waals surface area (Å²) in [6.45, 7) is 4.63. The van der Waals surface area contributed by atoms with Crippen LogP contribution < -0.4 is 5.32 Å². The van der Waals surface area contributed by atoms with E-state index in [1.165, 1.54) is 0 Å². The summed E-state index contributed by atoms with van der Waals surface area (Å²) in [6.07, 6.45) is 1.81. The van der Waals surface area contributed by atoms with Gasteiger partial charge in [-0.15, -0.1) is 0 Å². The summed E-state index contributed by atoms with van der Waals surface area (Å²) in [6, 6.07) is 9.34. The fourth-order valence-electron chi connectivity index (χ4n) is 2.72. The van der Waals surface area contributed by atoms with E-state index in [-0.39, 0.29) is 0 Å². The monoisotopic (exact) mass is 340 g/mol. The number of nitriles is 1. The zero-order valence-corrected chi connectivity index (χ0v) is 14.3. The summed E-state index contributed by atoms with van der Waals surface area (Å²) in [7, 11) is 0. The second-order valence-corrected chi connectivity index (χ2v) is 6.10. The van der Waals surface area contributed by atoms with Crippen LogP contribution in [-0.4, -0.2) is 16.7 Å². The first-order valence-electron chi connectivity index (χ1n) is 7.74. The molecule has 1 N–H and O–H groups in total. The van der Waals surface area contributed by atoms with Crippen LogP contribution in [0.15, 0.2) is 28.8 Å². The number of fused-ring (bicyclic) bond motifs is 1. The Labute approximate surface area is 145 Å². The minimum atomic E-state index is 0.565. The molecule has 3 aromatic rings. The molecule has 5 nitrogen and oxygen atoms in total. The SMILES string of the molecule is Cc1noc(C)c1CCCNc1cc(C#N)c2cc(Cl)ccc2n1. The molecule has 0 saturated carbocycles. The van der Waals surface area contributed by atoms with Gasteiger partial charge in [0.1, 0.15) is 11.6 Å². The van der Waals surface area contributed by atoms with E-state index in [4.69, 9.17) is 16.1 Å². The molecule has 0 saturated heterocycles. The number of aromatic nitrogens is 2. The van der Waals surface area contributed by atoms with Gasteiger partial charge in [-0.25, -0.2) is 4.98 Å². The van der Waals surface area contributed by atoms with Gasteiger partial charge in [0.15, 0.2) is 0 Å². The van der Waals surface area contributed by atoms with Crippen molar-refractivity contribution in [3.05, 3.63) is 51.9 Å². The molecule has 0 fully saturated rings. The molecule has 1 aromatic carbocycles. The number of nitrogens with one attached hydrogen (secondary N) is 1. The third-order valence-electron chi connectivity index (χ3n) is 3.98. The molecule has 0 aliphatic carbocycles. The Hall–Kier alpha value is -2.58. The molecule has 2 aromatic heterocycles. The minimum Gasteiger partial charge on any atom is -0.370 e. The molecule has 122 valence electrons. The van der Waals surface area contributed by atoms with Crippen LogP contribution in [0.1, 0.15) is 29.0 Å². The first-order valence-corrected chi connectivity index (χ1v) is 8.12. The van der Waals surface area contributed by atoms with Crippen molar-refractivity contribution in [2.75, 3.05) is 11.9 Å². The summed E-state index contributed by atoms with van der Waals surface area (Å²) in [4.78, 5) is 4.54. The van der Waals surface area contributed by atoms with E-state index >= 15 is 0 Å². The number of anilines is 1. The second-order valence-electron chi connectivity index (χ2n) is 5.66. The predicted octanol–water partition coefficient (Wildman–Crippen LogP) is 4.41. The van der Waals surface area contributed by atoms with E-state index < -0.39 is 0 Å². The minimum absolute atomic E-state index is 0.565. The summed E-state index contributed by atoms with van der Waals surface area (Å²) < 4.78 is 5.17. The molecule has 0 aliphatic rings. The summed E-state index contributed by atoms with van der Waals surface area (Å²) in [5.41, 5.74) is 3.43. The predicted molar refractivity (Wildman–Crippen MR) is 94.3 cm³/mol. The summed E-state index contributed by atoms with van der Waals surface area (Å²) in [5, 5.41) is 18.0. The number of pyridine rings is 1. The van der Waals surface area contributed by atoms with Crippen LogP contribution in [0, 0.1) is 25.2 Å². The van der Waals surface area contributed by atoms with Crippen LogP contribution in [0.4, 0.5) is 5.82 Å². The molecular formula is C18H17ClN4O. The first kappa shape index (κ1) is 16.3. The van der Waals surface area contributed by atoms with E-state index in [1.54, 1.807) is 18.2 Å². The van der Waals surface area contributed by atoms with Gasteiger partial charge in [0.2, 0.25) is 0 Å². The molecule has 0 radical (unpaired) electrons. The number of aryl methyl sites for hydroxylation is 2. The van der Waals surface area contributed by atoms with Gasteiger partial charge in [0, 0.05) is 22.5 Å². The van der Waals surface area contributed by atoms with Gasteiger partial charge < -0.3 is 9.84 Å². The molecule has 0 bridgehead atoms. The highest BCUT2D eigenvalue weighted by Crippen LogP contribution is 2.24. The van der Waals surface area contributed by atoms with Crippen LogP contribution in [0.25, 0.3) is 10.9 Å². The molecular weight excluding hydrogens is 324 g/mol. The highest BCUT2D eigenvalue weighted by molar-refractivity contribution is 6.31. The quantitative estimate of drug-likeness (QED) is 0.696. The third kappa shape index (κ3) is 3.34. The lowest BCUT2D eigenvalue weighted by molar-refractivity contribution is 0.392. The van der Waals surface area contributed by atoms with Crippen molar-refractivity contribution >= 4 is 28.3 Å². The van der Waals surface area contributed by atoms with Crippen LogP contribution >= 0.6 is 11.6 Å². The summed E-state index contributed by atoms with van der Waals surface area (Å²) in [5.74, 6) is 1.57. The highest BCUT2D eigenvalue weighted by Gasteiger charge is 2.09. The number of halogens is 1. The molecule has 3 rings (SSSR count). The Kier molecular flexibility index (Phi) is 4.68. The lowest BCUT2D eigenvalue weighted by Crippen LogP contribution is -2.05. The van der Waals surface area contributed by atoms with Gasteiger partial charge in [0.25, 0.3) is 0 Å². The van der Waals surface area contributed by atoms with Crippen molar-refractivity contribution in [3.63, 3.8) is 0 Å². The first-order chi connectivity index (χ1) is 11.6. The average molecular weight is 341 g/mol. The van der Waals surface area contributed by atoms with Crippen LogP contribution in [0.3, 0.4) is 0 Å². The van der Waals surface area contributed by atoms with E-state index in [2.05, 4.69) is 21.5 Å². The molecule has 24 heavy (non-hydrogen) atoms. The number of rotatable bonds is 5. The van der Waals surface area contributed by atoms with Gasteiger partial charge in [-0.3, -0.25) is 0 Å². The molecule has 6 heteroatoms. The van der Waals surface area contributed by atoms with Crippen LogP contribution in [-0.2, 0) is 6.42 Å². The smallest absolute Gasteiger partial charge is 0.137 e. The zero-order chi connectivity index (χ0) is 17.1. The van der Waals surface area contributed by atoms with Crippen molar-refractivity contribution < 1.29 is 4.52 Å². The fraction of sp³-hybridized carbons (Fsp3) is 0.278. The van der Waals surface area contributed by atoms with Crippen molar-refractivity contribution in [1.29, 1.82) is 5.26 Å². The van der Waals surface area contributed by atoms with Crippen molar-refractivity contribution in [1.82, 2.24) is 10.1 Å². The van der Waals surface area contributed by atoms with Gasteiger partial charge >= 0.3 is 0 Å². The Morgan fingerprint density at radius 3 is 2.83 bits per heavy atom. The molecule has 2 heterocycles. The van der Waals surface area contributed by atoms with Gasteiger partial charge in [-0.1, -0.05) is 16.8 Å². The maximum Gasteiger partial charge on any atom is 0.137 e. The Morgan fingerprint density at radius 2 is 2.12 bits per heavy atom. The van der Waals surface area contributed by atoms with Gasteiger partial charge in [-0.05, 0) is 51.0 Å². The highest BCUT2D eigenvalue weighted by atomic mass is 35.5. The second kappa shape index (κ2) is 6.90. The van der Waals surface area contributed by atoms with E-state index in [0.29, 0.717) is 16.4 Å². The number of hydrogen-bond donors (Lipinski definition) is 1. The molecule has 0 atom stereocenters. The number of hydrogen-bond acceptors (Lipinski definition) is 5. The van der Waals surface area contributed by atoms with Crippen molar-refractivity contribution in [3.8, 4) is 6.07 Å². The summed E-state index contributed by atoms with van der Waals surface area (Å²) >= 11 is 6.00. The largest absolute Gasteiger partial charge is 0.370 e. The zero-order valence-electron chi connectivity index (χ0n) is 13.6. The maximum atomic E-state index is 9.34. The Bertz CT molecular complexity index is 907. The van der Waals surface area contributed by atoms with Gasteiger partial charge in [0.05, 0.1) is 22.8 Å². The van der Waals surface area contributed by atoms with E-state index in [0.717, 1.165) is 47.3 Å². The lowest BCUT2D eigenvalue weighted by Gasteiger charge is -2.08. The molecule has 0 unspecified atom stereocenters. The van der Waals surface area contributed by atoms with E-state index in [9.17, 15) is 5.26 Å². The Balaban J connectivity index is 1.69. The third-order valence-corrected chi connectivity index (χ3v) is 4.22. The van der Waals surface area contributed by atoms with Crippen molar-refractivity contribution in [2.24, 2.45) is 0 Å². The van der Waals surface area contributed by atoms with Gasteiger partial charge in [-0.2, -0.15) is 5.26 Å². The Morgan fingerprint density at radius 1 is 1.29 bits per heavy atom. The lowest BCUT2D eigenvalue weighted by atomic mass is 10.1. The molecule has 0 amide bonds. The van der Waals surface area contributed by atoms with E-state index in [1.807, 2.05) is 19.9 Å². The number of benzene rings is 1. The number of nitrogens with zero attached hydrogens (tertiary/aromatic N) is 3. The topological polar surface area (TPSA) is 74.7 Å². The average Bonchev–Trinajstić information content (AvgIpc) is 2.89. The van der Waals surface area contributed by atoms with Crippen LogP contribution in [0.5, 0.6) is 0 Å². The van der Waals surface area contributed by atoms with Crippen LogP contribution in [0.2, 0.25) is 5.02 Å².